The molecule has 0 atom stereocenters. The monoisotopic (exact) mass is 322 g/mol. The molecule has 0 saturated carbocycles. The normalized spacial score (nSPS) is 12.0. The van der Waals surface area contributed by atoms with E-state index in [-0.39, 0.29) is 23.1 Å². The molecule has 0 bridgehead atoms. The van der Waals surface area contributed by atoms with Crippen LogP contribution in [0.1, 0.15) is 5.82 Å². The molecule has 3 heterocycles. The third-order valence-electron chi connectivity index (χ3n) is 3.28. The number of aromatic nitrogens is 4. The summed E-state index contributed by atoms with van der Waals surface area (Å²) in [6.07, 6.45) is -4.36. The van der Waals surface area contributed by atoms with Gasteiger partial charge in [0, 0.05) is 5.56 Å². The van der Waals surface area contributed by atoms with E-state index in [0.29, 0.717) is 16.8 Å². The van der Waals surface area contributed by atoms with E-state index in [2.05, 4.69) is 15.0 Å². The van der Waals surface area contributed by atoms with Crippen LogP contribution in [0.4, 0.5) is 24.8 Å². The second-order valence-electron chi connectivity index (χ2n) is 5.11. The first-order chi connectivity index (χ1) is 10.7. The minimum Gasteiger partial charge on any atom is -0.384 e. The van der Waals surface area contributed by atoms with E-state index in [1.807, 2.05) is 0 Å². The summed E-state index contributed by atoms with van der Waals surface area (Å²) in [4.78, 5) is 12.3. The molecule has 6 nitrogen and oxygen atoms in total. The van der Waals surface area contributed by atoms with Gasteiger partial charge in [-0.15, -0.1) is 0 Å². The van der Waals surface area contributed by atoms with Gasteiger partial charge in [0.15, 0.2) is 5.65 Å². The van der Waals surface area contributed by atoms with Gasteiger partial charge in [-0.1, -0.05) is 0 Å². The zero-order valence-electron chi connectivity index (χ0n) is 12.1. The number of hydrogen-bond donors (Lipinski definition) is 2. The van der Waals surface area contributed by atoms with Crippen molar-refractivity contribution in [1.29, 1.82) is 0 Å². The molecule has 3 rings (SSSR count). The maximum atomic E-state index is 12.7. The van der Waals surface area contributed by atoms with Crippen molar-refractivity contribution in [1.82, 2.24) is 19.5 Å². The lowest BCUT2D eigenvalue weighted by atomic mass is 10.1. The lowest BCUT2D eigenvalue weighted by Gasteiger charge is -2.10. The van der Waals surface area contributed by atoms with Gasteiger partial charge >= 0.3 is 6.18 Å². The number of halogens is 3. The molecule has 0 aliphatic heterocycles. The lowest BCUT2D eigenvalue weighted by molar-refractivity contribution is -0.140. The summed E-state index contributed by atoms with van der Waals surface area (Å²) in [5.41, 5.74) is 12.9. The Labute approximate surface area is 129 Å². The fourth-order valence-corrected chi connectivity index (χ4v) is 2.37. The van der Waals surface area contributed by atoms with Crippen molar-refractivity contribution in [2.45, 2.75) is 19.6 Å². The highest BCUT2D eigenvalue weighted by molar-refractivity contribution is 5.77. The maximum absolute atomic E-state index is 12.7. The van der Waals surface area contributed by atoms with E-state index >= 15 is 0 Å². The van der Waals surface area contributed by atoms with Crippen molar-refractivity contribution in [2.75, 3.05) is 11.5 Å². The summed E-state index contributed by atoms with van der Waals surface area (Å²) in [5, 5.41) is 0. The summed E-state index contributed by atoms with van der Waals surface area (Å²) in [6.45, 7) is 0.363. The summed E-state index contributed by atoms with van der Waals surface area (Å²) in [5.74, 6) is 0.666. The number of anilines is 2. The van der Waals surface area contributed by atoms with Crippen LogP contribution in [0.5, 0.6) is 0 Å². The Morgan fingerprint density at radius 1 is 1.04 bits per heavy atom. The molecule has 3 aromatic heterocycles. The van der Waals surface area contributed by atoms with Gasteiger partial charge in [0.05, 0.1) is 5.69 Å². The summed E-state index contributed by atoms with van der Waals surface area (Å²) < 4.78 is 39.2. The second kappa shape index (κ2) is 5.11. The molecule has 0 radical (unpaired) electrons. The molecule has 4 N–H and O–H groups in total. The largest absolute Gasteiger partial charge is 0.406 e. The molecule has 0 fully saturated rings. The number of nitrogens with two attached hydrogens (primary N) is 2. The number of rotatable bonds is 2. The molecular weight excluding hydrogens is 309 g/mol. The maximum Gasteiger partial charge on any atom is 0.406 e. The van der Waals surface area contributed by atoms with Crippen molar-refractivity contribution >= 4 is 22.8 Å². The van der Waals surface area contributed by atoms with Crippen LogP contribution in [0.25, 0.3) is 22.4 Å². The minimum atomic E-state index is -4.36. The van der Waals surface area contributed by atoms with E-state index in [9.17, 15) is 13.2 Å². The van der Waals surface area contributed by atoms with E-state index in [1.165, 1.54) is 6.92 Å². The number of hydrogen-bond acceptors (Lipinski definition) is 5. The predicted molar refractivity (Wildman–Crippen MR) is 80.4 cm³/mol. The zero-order chi connectivity index (χ0) is 16.8. The molecule has 120 valence electrons. The lowest BCUT2D eigenvalue weighted by Crippen LogP contribution is -2.18. The van der Waals surface area contributed by atoms with E-state index in [4.69, 9.17) is 11.5 Å². The molecule has 0 unspecified atom stereocenters. The summed E-state index contributed by atoms with van der Waals surface area (Å²) in [6, 6.07) is 6.38. The Balaban J connectivity index is 2.15. The van der Waals surface area contributed by atoms with E-state index < -0.39 is 12.7 Å². The average molecular weight is 322 g/mol. The van der Waals surface area contributed by atoms with Crippen molar-refractivity contribution in [3.8, 4) is 11.3 Å². The van der Waals surface area contributed by atoms with Crippen LogP contribution in [-0.4, -0.2) is 25.7 Å². The van der Waals surface area contributed by atoms with E-state index in [1.54, 1.807) is 24.3 Å². The fraction of sp³-hybridized carbons (Fsp3) is 0.214. The first-order valence-electron chi connectivity index (χ1n) is 6.67. The fourth-order valence-electron chi connectivity index (χ4n) is 2.37. The molecule has 0 amide bonds. The second-order valence-corrected chi connectivity index (χ2v) is 5.11. The molecule has 0 aliphatic carbocycles. The Morgan fingerprint density at radius 2 is 1.70 bits per heavy atom. The van der Waals surface area contributed by atoms with Gasteiger partial charge in [0.2, 0.25) is 0 Å². The molecule has 0 aromatic carbocycles. The minimum absolute atomic E-state index is 0.159. The van der Waals surface area contributed by atoms with Gasteiger partial charge in [0.25, 0.3) is 0 Å². The number of imidazole rings is 1. The van der Waals surface area contributed by atoms with Gasteiger partial charge in [-0.2, -0.15) is 13.2 Å². The van der Waals surface area contributed by atoms with Gasteiger partial charge in [-0.05, 0) is 31.2 Å². The SMILES string of the molecule is Cc1nc2ccc(-c3cc(N)nc(N)c3)nc2n1CC(F)(F)F. The van der Waals surface area contributed by atoms with Gasteiger partial charge in [-0.3, -0.25) is 0 Å². The first kappa shape index (κ1) is 15.1. The highest BCUT2D eigenvalue weighted by atomic mass is 19.4. The number of aryl methyl sites for hydroxylation is 1. The Morgan fingerprint density at radius 3 is 2.30 bits per heavy atom. The van der Waals surface area contributed by atoms with Gasteiger partial charge in [-0.25, -0.2) is 15.0 Å². The average Bonchev–Trinajstić information content (AvgIpc) is 2.72. The van der Waals surface area contributed by atoms with Gasteiger partial charge in [0.1, 0.15) is 29.5 Å². The van der Waals surface area contributed by atoms with Crippen LogP contribution in [-0.2, 0) is 6.54 Å². The van der Waals surface area contributed by atoms with Crippen LogP contribution in [0.15, 0.2) is 24.3 Å². The van der Waals surface area contributed by atoms with Gasteiger partial charge < -0.3 is 16.0 Å². The van der Waals surface area contributed by atoms with Crippen molar-refractivity contribution in [3.05, 3.63) is 30.1 Å². The van der Waals surface area contributed by atoms with Crippen molar-refractivity contribution in [3.63, 3.8) is 0 Å². The van der Waals surface area contributed by atoms with E-state index in [0.717, 1.165) is 4.57 Å². The molecule has 0 aliphatic rings. The molecule has 23 heavy (non-hydrogen) atoms. The number of pyridine rings is 2. The number of fused-ring (bicyclic) bond motifs is 1. The molecule has 9 heteroatoms. The Hall–Kier alpha value is -2.84. The van der Waals surface area contributed by atoms with Crippen molar-refractivity contribution < 1.29 is 13.2 Å². The third-order valence-corrected chi connectivity index (χ3v) is 3.28. The topological polar surface area (TPSA) is 95.6 Å². The highest BCUT2D eigenvalue weighted by Gasteiger charge is 2.30. The van der Waals surface area contributed by atoms with Crippen LogP contribution in [0.3, 0.4) is 0 Å². The summed E-state index contributed by atoms with van der Waals surface area (Å²) >= 11 is 0. The first-order valence-corrected chi connectivity index (χ1v) is 6.67. The van der Waals surface area contributed by atoms with Crippen LogP contribution >= 0.6 is 0 Å². The van der Waals surface area contributed by atoms with Crippen molar-refractivity contribution in [2.24, 2.45) is 0 Å². The highest BCUT2D eigenvalue weighted by Crippen LogP contribution is 2.26. The van der Waals surface area contributed by atoms with Crippen LogP contribution in [0.2, 0.25) is 0 Å². The molecular formula is C14H13F3N6. The molecule has 3 aromatic rings. The third kappa shape index (κ3) is 3.03. The van der Waals surface area contributed by atoms with Crippen LogP contribution in [0, 0.1) is 6.92 Å². The Kier molecular flexibility index (Phi) is 3.35. The predicted octanol–water partition coefficient (Wildman–Crippen LogP) is 2.53. The quantitative estimate of drug-likeness (QED) is 0.756. The molecule has 0 saturated heterocycles. The smallest absolute Gasteiger partial charge is 0.384 e. The number of nitrogen functional groups attached to an aromatic ring is 2. The summed E-state index contributed by atoms with van der Waals surface area (Å²) in [7, 11) is 0. The number of nitrogens with zero attached hydrogens (tertiary/aromatic N) is 4. The Bertz CT molecular complexity index is 864. The van der Waals surface area contributed by atoms with Crippen LogP contribution < -0.4 is 11.5 Å². The zero-order valence-corrected chi connectivity index (χ0v) is 12.1. The molecule has 0 spiro atoms. The standard InChI is InChI=1S/C14H13F3N6/c1-7-20-10-3-2-9(8-4-11(18)22-12(19)5-8)21-13(10)23(7)6-14(15,16)17/h2-5H,6H2,1H3,(H4,18,19,22). The number of alkyl halides is 3.